The number of nitrogens with zero attached hydrogens (tertiary/aromatic N) is 2. The summed E-state index contributed by atoms with van der Waals surface area (Å²) >= 11 is 6.05. The number of anilines is 1. The average molecular weight is 276 g/mol. The van der Waals surface area contributed by atoms with Crippen molar-refractivity contribution < 1.29 is 0 Å². The van der Waals surface area contributed by atoms with Crippen LogP contribution < -0.4 is 10.9 Å². The summed E-state index contributed by atoms with van der Waals surface area (Å²) in [7, 11) is 0. The zero-order valence-electron chi connectivity index (χ0n) is 9.77. The van der Waals surface area contributed by atoms with E-state index in [0.717, 1.165) is 5.56 Å². The van der Waals surface area contributed by atoms with E-state index in [9.17, 15) is 4.79 Å². The maximum Gasteiger partial charge on any atom is 0.278 e. The van der Waals surface area contributed by atoms with E-state index >= 15 is 0 Å². The minimum absolute atomic E-state index is 0.260. The number of halogens is 1. The summed E-state index contributed by atoms with van der Waals surface area (Å²) in [5.74, 6) is 0.365. The molecule has 7 heteroatoms. The van der Waals surface area contributed by atoms with Gasteiger partial charge in [-0.2, -0.15) is 4.98 Å². The lowest BCUT2D eigenvalue weighted by atomic mass is 10.2. The van der Waals surface area contributed by atoms with Crippen LogP contribution in [0.5, 0.6) is 0 Å². The molecular weight excluding hydrogens is 266 g/mol. The second-order valence-electron chi connectivity index (χ2n) is 3.96. The van der Waals surface area contributed by atoms with Crippen molar-refractivity contribution in [2.75, 3.05) is 5.32 Å². The Morgan fingerprint density at radius 3 is 3.00 bits per heavy atom. The predicted octanol–water partition coefficient (Wildman–Crippen LogP) is 1.91. The maximum atomic E-state index is 11.7. The van der Waals surface area contributed by atoms with Crippen molar-refractivity contribution in [1.82, 2.24) is 19.9 Å². The van der Waals surface area contributed by atoms with Gasteiger partial charge in [0, 0.05) is 11.6 Å². The zero-order valence-corrected chi connectivity index (χ0v) is 10.5. The molecule has 2 heterocycles. The Kier molecular flexibility index (Phi) is 2.92. The predicted molar refractivity (Wildman–Crippen MR) is 73.3 cm³/mol. The van der Waals surface area contributed by atoms with E-state index in [4.69, 9.17) is 11.6 Å². The molecule has 3 N–H and O–H groups in total. The molecule has 0 spiro atoms. The van der Waals surface area contributed by atoms with Gasteiger partial charge in [0.2, 0.25) is 5.95 Å². The van der Waals surface area contributed by atoms with Crippen LogP contribution >= 0.6 is 11.6 Å². The first-order chi connectivity index (χ1) is 9.24. The van der Waals surface area contributed by atoms with E-state index in [1.807, 2.05) is 24.3 Å². The van der Waals surface area contributed by atoms with Gasteiger partial charge < -0.3 is 10.3 Å². The van der Waals surface area contributed by atoms with Crippen LogP contribution in [0.3, 0.4) is 0 Å². The molecule has 0 saturated carbocycles. The van der Waals surface area contributed by atoms with Gasteiger partial charge in [-0.1, -0.05) is 29.8 Å². The molecule has 0 bridgehead atoms. The third-order valence-electron chi connectivity index (χ3n) is 2.70. The Morgan fingerprint density at radius 1 is 1.32 bits per heavy atom. The van der Waals surface area contributed by atoms with E-state index in [-0.39, 0.29) is 5.56 Å². The van der Waals surface area contributed by atoms with Gasteiger partial charge in [-0.3, -0.25) is 9.78 Å². The molecule has 6 nitrogen and oxygen atoms in total. The van der Waals surface area contributed by atoms with Gasteiger partial charge in [0.1, 0.15) is 0 Å². The Balaban J connectivity index is 1.86. The van der Waals surface area contributed by atoms with Crippen LogP contribution in [0.15, 0.2) is 35.4 Å². The normalized spacial score (nSPS) is 10.8. The average Bonchev–Trinajstić information content (AvgIpc) is 2.87. The van der Waals surface area contributed by atoms with Crippen LogP contribution in [-0.4, -0.2) is 19.9 Å². The highest BCUT2D eigenvalue weighted by atomic mass is 35.5. The largest absolute Gasteiger partial charge is 0.352 e. The van der Waals surface area contributed by atoms with Crippen LogP contribution in [-0.2, 0) is 6.54 Å². The van der Waals surface area contributed by atoms with Crippen molar-refractivity contribution in [3.63, 3.8) is 0 Å². The third-order valence-corrected chi connectivity index (χ3v) is 3.07. The van der Waals surface area contributed by atoms with Crippen LogP contribution in [0.2, 0.25) is 5.02 Å². The molecule has 0 amide bonds. The van der Waals surface area contributed by atoms with Crippen LogP contribution in [0.25, 0.3) is 11.2 Å². The molecule has 0 saturated heterocycles. The summed E-state index contributed by atoms with van der Waals surface area (Å²) in [5.41, 5.74) is 1.41. The lowest BCUT2D eigenvalue weighted by Gasteiger charge is -2.06. The number of benzene rings is 1. The Morgan fingerprint density at radius 2 is 2.16 bits per heavy atom. The van der Waals surface area contributed by atoms with Crippen molar-refractivity contribution in [3.8, 4) is 0 Å². The molecule has 2 aromatic heterocycles. The number of H-pyrrole nitrogens is 2. The SMILES string of the molecule is O=c1[nH]c(NCc2ccccc2Cl)nc2nc[nH]c12. The molecule has 3 aromatic rings. The van der Waals surface area contributed by atoms with Gasteiger partial charge in [-0.25, -0.2) is 4.98 Å². The van der Waals surface area contributed by atoms with Crippen molar-refractivity contribution in [2.45, 2.75) is 6.54 Å². The smallest absolute Gasteiger partial charge is 0.278 e. The topological polar surface area (TPSA) is 86.5 Å². The van der Waals surface area contributed by atoms with E-state index in [1.165, 1.54) is 6.33 Å². The fourth-order valence-electron chi connectivity index (χ4n) is 1.75. The van der Waals surface area contributed by atoms with Gasteiger partial charge in [-0.05, 0) is 11.6 Å². The number of fused-ring (bicyclic) bond motifs is 1. The fourth-order valence-corrected chi connectivity index (χ4v) is 1.95. The molecule has 3 rings (SSSR count). The molecule has 0 aliphatic rings. The first kappa shape index (κ1) is 11.7. The highest BCUT2D eigenvalue weighted by molar-refractivity contribution is 6.31. The number of aromatic amines is 2. The number of imidazole rings is 1. The second-order valence-corrected chi connectivity index (χ2v) is 4.37. The summed E-state index contributed by atoms with van der Waals surface area (Å²) in [5, 5.41) is 3.68. The van der Waals surface area contributed by atoms with Gasteiger partial charge in [0.05, 0.1) is 6.33 Å². The summed E-state index contributed by atoms with van der Waals surface area (Å²) < 4.78 is 0. The van der Waals surface area contributed by atoms with Gasteiger partial charge >= 0.3 is 0 Å². The first-order valence-electron chi connectivity index (χ1n) is 5.65. The molecule has 0 unspecified atom stereocenters. The van der Waals surface area contributed by atoms with E-state index in [0.29, 0.717) is 28.7 Å². The molecule has 0 atom stereocenters. The molecule has 0 radical (unpaired) electrons. The number of aromatic nitrogens is 4. The Labute approximate surface area is 112 Å². The van der Waals surface area contributed by atoms with E-state index in [2.05, 4.69) is 25.3 Å². The number of rotatable bonds is 3. The highest BCUT2D eigenvalue weighted by Gasteiger charge is 2.06. The van der Waals surface area contributed by atoms with Gasteiger partial charge in [0.25, 0.3) is 5.56 Å². The molecule has 1 aromatic carbocycles. The second kappa shape index (κ2) is 4.74. The lowest BCUT2D eigenvalue weighted by Crippen LogP contribution is -2.13. The number of hydrogen-bond donors (Lipinski definition) is 3. The minimum atomic E-state index is -0.260. The van der Waals surface area contributed by atoms with Crippen molar-refractivity contribution in [3.05, 3.63) is 51.5 Å². The van der Waals surface area contributed by atoms with Crippen LogP contribution in [0.4, 0.5) is 5.95 Å². The van der Waals surface area contributed by atoms with Crippen LogP contribution in [0, 0.1) is 0 Å². The zero-order chi connectivity index (χ0) is 13.2. The fraction of sp³-hybridized carbons (Fsp3) is 0.0833. The molecule has 19 heavy (non-hydrogen) atoms. The summed E-state index contributed by atoms with van der Waals surface area (Å²) in [6.45, 7) is 0.471. The monoisotopic (exact) mass is 275 g/mol. The molecule has 0 aliphatic carbocycles. The van der Waals surface area contributed by atoms with Crippen molar-refractivity contribution in [2.24, 2.45) is 0 Å². The lowest BCUT2D eigenvalue weighted by molar-refractivity contribution is 1.05. The van der Waals surface area contributed by atoms with Gasteiger partial charge in [0.15, 0.2) is 11.2 Å². The quantitative estimate of drug-likeness (QED) is 0.681. The van der Waals surface area contributed by atoms with Gasteiger partial charge in [-0.15, -0.1) is 0 Å². The Bertz CT molecular complexity index is 779. The standard InChI is InChI=1S/C12H10ClN5O/c13-8-4-2-1-3-7(8)5-14-12-17-10-9(11(19)18-12)15-6-16-10/h1-4,6H,5H2,(H3,14,15,16,17,18,19). The third kappa shape index (κ3) is 2.30. The molecule has 0 fully saturated rings. The van der Waals surface area contributed by atoms with Crippen molar-refractivity contribution >= 4 is 28.7 Å². The molecule has 96 valence electrons. The van der Waals surface area contributed by atoms with E-state index in [1.54, 1.807) is 0 Å². The highest BCUT2D eigenvalue weighted by Crippen LogP contribution is 2.15. The van der Waals surface area contributed by atoms with E-state index < -0.39 is 0 Å². The number of hydrogen-bond acceptors (Lipinski definition) is 4. The summed E-state index contributed by atoms with van der Waals surface area (Å²) in [4.78, 5) is 25.2. The first-order valence-corrected chi connectivity index (χ1v) is 6.02. The summed E-state index contributed by atoms with van der Waals surface area (Å²) in [6.07, 6.45) is 1.44. The Hall–Kier alpha value is -2.34. The minimum Gasteiger partial charge on any atom is -0.352 e. The molecule has 0 aliphatic heterocycles. The van der Waals surface area contributed by atoms with Crippen molar-refractivity contribution in [1.29, 1.82) is 0 Å². The maximum absolute atomic E-state index is 11.7. The van der Waals surface area contributed by atoms with Crippen LogP contribution in [0.1, 0.15) is 5.56 Å². The molecular formula is C12H10ClN5O. The summed E-state index contributed by atoms with van der Waals surface area (Å²) in [6, 6.07) is 7.48. The number of nitrogens with one attached hydrogen (secondary N) is 3.